The van der Waals surface area contributed by atoms with Gasteiger partial charge >= 0.3 is 0 Å². The molecular weight excluding hydrogens is 515 g/mol. The summed E-state index contributed by atoms with van der Waals surface area (Å²) in [6, 6.07) is 14.5. The summed E-state index contributed by atoms with van der Waals surface area (Å²) >= 11 is 12.4. The molecule has 38 heavy (non-hydrogen) atoms. The molecule has 1 amide bonds. The number of rotatable bonds is 9. The Labute approximate surface area is 238 Å². The van der Waals surface area contributed by atoms with Gasteiger partial charge in [0.05, 0.1) is 23.6 Å². The number of hydrogen-bond acceptors (Lipinski definition) is 3. The second-order valence-corrected chi connectivity index (χ2v) is 13.2. The van der Waals surface area contributed by atoms with E-state index in [9.17, 15) is 4.79 Å². The first-order valence-electron chi connectivity index (χ1n) is 14.4. The summed E-state index contributed by atoms with van der Waals surface area (Å²) in [5, 5.41) is 1.02. The standard InChI is InChI=1S/C32H42Cl2N2O2/c1-22(2)19-36(31(37)16-24-9-12-29(33)30(34)15-24)27-11-10-26-21-35(20-23-7-8-23)14-13-32(26,18-27)25-5-4-6-28(17-25)38-3/h4-6,9,12,15,17,22-23,26-27H,7-8,10-11,13-14,16,18-21H2,1-3H3/t26-,27+,32+/m1/s1. The van der Waals surface area contributed by atoms with E-state index in [4.69, 9.17) is 27.9 Å². The molecule has 206 valence electrons. The Morgan fingerprint density at radius 2 is 1.92 bits per heavy atom. The van der Waals surface area contributed by atoms with E-state index in [2.05, 4.69) is 41.8 Å². The first kappa shape index (κ1) is 27.8. The average molecular weight is 558 g/mol. The van der Waals surface area contributed by atoms with E-state index in [1.807, 2.05) is 18.2 Å². The van der Waals surface area contributed by atoms with Crippen LogP contribution in [-0.4, -0.2) is 55.0 Å². The Morgan fingerprint density at radius 3 is 2.63 bits per heavy atom. The molecule has 3 atom stereocenters. The van der Waals surface area contributed by atoms with Crippen LogP contribution < -0.4 is 4.74 Å². The van der Waals surface area contributed by atoms with Crippen LogP contribution >= 0.6 is 23.2 Å². The summed E-state index contributed by atoms with van der Waals surface area (Å²) in [4.78, 5) is 18.8. The zero-order valence-corrected chi connectivity index (χ0v) is 24.6. The fourth-order valence-electron chi connectivity index (χ4n) is 6.99. The molecule has 3 fully saturated rings. The lowest BCUT2D eigenvalue weighted by Crippen LogP contribution is -2.57. The fraction of sp³-hybridized carbons (Fsp3) is 0.594. The highest BCUT2D eigenvalue weighted by molar-refractivity contribution is 6.42. The molecule has 1 aliphatic heterocycles. The summed E-state index contributed by atoms with van der Waals surface area (Å²) in [5.41, 5.74) is 2.37. The van der Waals surface area contributed by atoms with Gasteiger partial charge in [0.25, 0.3) is 0 Å². The van der Waals surface area contributed by atoms with Crippen molar-refractivity contribution in [1.82, 2.24) is 9.80 Å². The highest BCUT2D eigenvalue weighted by Gasteiger charge is 2.50. The zero-order chi connectivity index (χ0) is 26.9. The highest BCUT2D eigenvalue weighted by atomic mass is 35.5. The van der Waals surface area contributed by atoms with E-state index in [-0.39, 0.29) is 17.4 Å². The van der Waals surface area contributed by atoms with Gasteiger partial charge in [-0.25, -0.2) is 0 Å². The number of piperidine rings is 1. The lowest BCUT2D eigenvalue weighted by molar-refractivity contribution is -0.135. The molecule has 0 N–H and O–H groups in total. The number of amides is 1. The van der Waals surface area contributed by atoms with Gasteiger partial charge in [-0.15, -0.1) is 0 Å². The maximum atomic E-state index is 13.8. The van der Waals surface area contributed by atoms with Crippen molar-refractivity contribution in [2.75, 3.05) is 33.3 Å². The minimum absolute atomic E-state index is 0.0661. The molecule has 2 aliphatic carbocycles. The number of halogens is 2. The van der Waals surface area contributed by atoms with Crippen molar-refractivity contribution in [3.8, 4) is 5.75 Å². The topological polar surface area (TPSA) is 32.8 Å². The van der Waals surface area contributed by atoms with Crippen molar-refractivity contribution in [1.29, 1.82) is 0 Å². The number of ether oxygens (including phenoxy) is 1. The fourth-order valence-corrected chi connectivity index (χ4v) is 7.31. The van der Waals surface area contributed by atoms with Gasteiger partial charge in [0.15, 0.2) is 0 Å². The van der Waals surface area contributed by atoms with Crippen LogP contribution in [0.1, 0.15) is 63.5 Å². The van der Waals surface area contributed by atoms with E-state index in [0.717, 1.165) is 56.0 Å². The van der Waals surface area contributed by atoms with E-state index >= 15 is 0 Å². The van der Waals surface area contributed by atoms with Gasteiger partial charge in [-0.1, -0.05) is 55.2 Å². The molecule has 4 nitrogen and oxygen atoms in total. The molecule has 0 unspecified atom stereocenters. The summed E-state index contributed by atoms with van der Waals surface area (Å²) in [6.07, 6.45) is 7.52. The van der Waals surface area contributed by atoms with Gasteiger partial charge < -0.3 is 14.5 Å². The molecular formula is C32H42Cl2N2O2. The maximum absolute atomic E-state index is 13.8. The van der Waals surface area contributed by atoms with Gasteiger partial charge in [0.1, 0.15) is 5.75 Å². The van der Waals surface area contributed by atoms with Crippen molar-refractivity contribution in [2.24, 2.45) is 17.8 Å². The second kappa shape index (κ2) is 11.8. The molecule has 2 aromatic rings. The quantitative estimate of drug-likeness (QED) is 0.326. The van der Waals surface area contributed by atoms with Gasteiger partial charge in [-0.05, 0) is 98.2 Å². The Morgan fingerprint density at radius 1 is 1.11 bits per heavy atom. The van der Waals surface area contributed by atoms with Crippen LogP contribution in [0.3, 0.4) is 0 Å². The minimum atomic E-state index is 0.0661. The van der Waals surface area contributed by atoms with Crippen molar-refractivity contribution >= 4 is 29.1 Å². The molecule has 3 aliphatic rings. The number of benzene rings is 2. The van der Waals surface area contributed by atoms with Crippen LogP contribution in [-0.2, 0) is 16.6 Å². The molecule has 2 aromatic carbocycles. The molecule has 5 rings (SSSR count). The highest BCUT2D eigenvalue weighted by Crippen LogP contribution is 2.51. The largest absolute Gasteiger partial charge is 0.497 e. The third kappa shape index (κ3) is 6.18. The number of carbonyl (C=O) groups is 1. The van der Waals surface area contributed by atoms with Crippen LogP contribution in [0.2, 0.25) is 10.0 Å². The Balaban J connectivity index is 1.42. The van der Waals surface area contributed by atoms with E-state index in [1.54, 1.807) is 13.2 Å². The van der Waals surface area contributed by atoms with Crippen molar-refractivity contribution < 1.29 is 9.53 Å². The van der Waals surface area contributed by atoms with Gasteiger partial charge in [0, 0.05) is 31.1 Å². The number of carbonyl (C=O) groups excluding carboxylic acids is 1. The monoisotopic (exact) mass is 556 g/mol. The van der Waals surface area contributed by atoms with Crippen LogP contribution in [0.5, 0.6) is 5.75 Å². The molecule has 0 radical (unpaired) electrons. The Kier molecular flexibility index (Phi) is 8.62. The predicted octanol–water partition coefficient (Wildman–Crippen LogP) is 7.25. The number of nitrogens with zero attached hydrogens (tertiary/aromatic N) is 2. The summed E-state index contributed by atoms with van der Waals surface area (Å²) < 4.78 is 5.66. The van der Waals surface area contributed by atoms with E-state index < -0.39 is 0 Å². The normalized spacial score (nSPS) is 25.7. The maximum Gasteiger partial charge on any atom is 0.227 e. The third-order valence-corrected chi connectivity index (χ3v) is 9.84. The van der Waals surface area contributed by atoms with E-state index in [0.29, 0.717) is 28.3 Å². The molecule has 2 saturated carbocycles. The SMILES string of the molecule is COc1cccc([C@@]23CCN(CC4CC4)C[C@H]2CC[C@H](N(CC(C)C)C(=O)Cc2ccc(Cl)c(Cl)c2)C3)c1. The summed E-state index contributed by atoms with van der Waals surface area (Å²) in [6.45, 7) is 8.76. The summed E-state index contributed by atoms with van der Waals surface area (Å²) in [5.74, 6) is 3.03. The van der Waals surface area contributed by atoms with Gasteiger partial charge in [-0.3, -0.25) is 4.79 Å². The van der Waals surface area contributed by atoms with Crippen LogP contribution in [0, 0.1) is 17.8 Å². The predicted molar refractivity (Wildman–Crippen MR) is 156 cm³/mol. The van der Waals surface area contributed by atoms with Gasteiger partial charge in [0.2, 0.25) is 5.91 Å². The zero-order valence-electron chi connectivity index (χ0n) is 23.1. The second-order valence-electron chi connectivity index (χ2n) is 12.3. The van der Waals surface area contributed by atoms with Gasteiger partial charge in [-0.2, -0.15) is 0 Å². The molecule has 1 saturated heterocycles. The molecule has 1 heterocycles. The number of fused-ring (bicyclic) bond motifs is 1. The average Bonchev–Trinajstić information content (AvgIpc) is 3.73. The lowest BCUT2D eigenvalue weighted by Gasteiger charge is -2.55. The number of likely N-dealkylation sites (tertiary alicyclic amines) is 1. The first-order chi connectivity index (χ1) is 18.3. The third-order valence-electron chi connectivity index (χ3n) is 9.10. The summed E-state index contributed by atoms with van der Waals surface area (Å²) in [7, 11) is 1.75. The van der Waals surface area contributed by atoms with Crippen LogP contribution in [0.4, 0.5) is 0 Å². The van der Waals surface area contributed by atoms with Crippen molar-refractivity contribution in [3.63, 3.8) is 0 Å². The lowest BCUT2D eigenvalue weighted by atomic mass is 9.57. The first-order valence-corrected chi connectivity index (χ1v) is 15.1. The smallest absolute Gasteiger partial charge is 0.227 e. The van der Waals surface area contributed by atoms with Crippen molar-refractivity contribution in [3.05, 3.63) is 63.6 Å². The number of methoxy groups -OCH3 is 1. The van der Waals surface area contributed by atoms with Crippen LogP contribution in [0.25, 0.3) is 0 Å². The van der Waals surface area contributed by atoms with E-state index in [1.165, 1.54) is 31.5 Å². The number of hydrogen-bond donors (Lipinski definition) is 0. The Hall–Kier alpha value is -1.75. The van der Waals surface area contributed by atoms with Crippen LogP contribution in [0.15, 0.2) is 42.5 Å². The molecule has 6 heteroatoms. The molecule has 0 spiro atoms. The molecule has 0 bridgehead atoms. The Bertz CT molecular complexity index is 1130. The molecule has 0 aromatic heterocycles. The minimum Gasteiger partial charge on any atom is -0.497 e. The van der Waals surface area contributed by atoms with Crippen molar-refractivity contribution in [2.45, 2.75) is 70.3 Å².